The van der Waals surface area contributed by atoms with Crippen molar-refractivity contribution in [3.63, 3.8) is 0 Å². The molecule has 1 heterocycles. The number of hydrogen-bond acceptors (Lipinski definition) is 2. The summed E-state index contributed by atoms with van der Waals surface area (Å²) in [6.07, 6.45) is 6.59. The van der Waals surface area contributed by atoms with Crippen molar-refractivity contribution in [1.82, 2.24) is 4.90 Å². The van der Waals surface area contributed by atoms with E-state index in [1.165, 1.54) is 5.57 Å². The molecule has 2 nitrogen and oxygen atoms in total. The largest absolute Gasteiger partial charge is 0.386 e. The molecule has 66 valence electrons. The van der Waals surface area contributed by atoms with Crippen LogP contribution in [0.4, 0.5) is 0 Å². The van der Waals surface area contributed by atoms with E-state index in [9.17, 15) is 0 Å². The molecule has 0 saturated carbocycles. The SMILES string of the molecule is C=C/C(=C\C1=CN(C)CC1)OCl. The first kappa shape index (κ1) is 9.20. The van der Waals surface area contributed by atoms with E-state index in [-0.39, 0.29) is 0 Å². The van der Waals surface area contributed by atoms with Gasteiger partial charge in [-0.15, -0.1) is 0 Å². The zero-order chi connectivity index (χ0) is 8.97. The molecule has 0 spiro atoms. The third-order valence-corrected chi connectivity index (χ3v) is 1.94. The van der Waals surface area contributed by atoms with Gasteiger partial charge in [0.1, 0.15) is 17.6 Å². The molecule has 0 bridgehead atoms. The zero-order valence-corrected chi connectivity index (χ0v) is 7.84. The molecule has 12 heavy (non-hydrogen) atoms. The monoisotopic (exact) mass is 185 g/mol. The van der Waals surface area contributed by atoms with Gasteiger partial charge in [0.05, 0.1) is 0 Å². The summed E-state index contributed by atoms with van der Waals surface area (Å²) >= 11 is 5.20. The lowest BCUT2D eigenvalue weighted by atomic mass is 10.2. The second-order valence-electron chi connectivity index (χ2n) is 2.76. The Morgan fingerprint density at radius 2 is 2.58 bits per heavy atom. The van der Waals surface area contributed by atoms with Gasteiger partial charge in [-0.1, -0.05) is 6.58 Å². The molecule has 1 aliphatic rings. The highest BCUT2D eigenvalue weighted by Gasteiger charge is 2.06. The Balaban J connectivity index is 2.65. The van der Waals surface area contributed by atoms with Crippen molar-refractivity contribution in [3.8, 4) is 0 Å². The molecule has 0 atom stereocenters. The Kier molecular flexibility index (Phi) is 3.23. The average Bonchev–Trinajstić information content (AvgIpc) is 2.47. The number of halogens is 1. The summed E-state index contributed by atoms with van der Waals surface area (Å²) in [7, 11) is 2.04. The van der Waals surface area contributed by atoms with Gasteiger partial charge in [0.2, 0.25) is 0 Å². The van der Waals surface area contributed by atoms with Crippen molar-refractivity contribution in [1.29, 1.82) is 0 Å². The second kappa shape index (κ2) is 4.21. The third kappa shape index (κ3) is 2.31. The molecule has 0 aromatic carbocycles. The predicted molar refractivity (Wildman–Crippen MR) is 50.5 cm³/mol. The Morgan fingerprint density at radius 1 is 1.83 bits per heavy atom. The second-order valence-corrected chi connectivity index (χ2v) is 2.92. The lowest BCUT2D eigenvalue weighted by Crippen LogP contribution is -2.04. The average molecular weight is 186 g/mol. The van der Waals surface area contributed by atoms with Crippen LogP contribution in [0.3, 0.4) is 0 Å². The van der Waals surface area contributed by atoms with E-state index in [2.05, 4.69) is 22.0 Å². The maximum atomic E-state index is 5.20. The van der Waals surface area contributed by atoms with Gasteiger partial charge in [-0.2, -0.15) is 0 Å². The first-order valence-electron chi connectivity index (χ1n) is 3.80. The summed E-state index contributed by atoms with van der Waals surface area (Å²) in [5.74, 6) is 0.596. The van der Waals surface area contributed by atoms with Gasteiger partial charge in [-0.05, 0) is 24.1 Å². The van der Waals surface area contributed by atoms with Crippen molar-refractivity contribution < 1.29 is 4.29 Å². The molecule has 0 aromatic rings. The highest BCUT2D eigenvalue weighted by atomic mass is 35.5. The molecule has 3 heteroatoms. The van der Waals surface area contributed by atoms with E-state index in [4.69, 9.17) is 11.9 Å². The molecule has 0 N–H and O–H groups in total. The van der Waals surface area contributed by atoms with Gasteiger partial charge < -0.3 is 9.19 Å². The van der Waals surface area contributed by atoms with Gasteiger partial charge in [-0.3, -0.25) is 0 Å². The highest BCUT2D eigenvalue weighted by Crippen LogP contribution is 2.16. The molecule has 0 aliphatic carbocycles. The molecule has 0 saturated heterocycles. The summed E-state index contributed by atoms with van der Waals surface area (Å²) in [5, 5.41) is 0. The van der Waals surface area contributed by atoms with Crippen molar-refractivity contribution in [2.75, 3.05) is 13.6 Å². The van der Waals surface area contributed by atoms with E-state index >= 15 is 0 Å². The van der Waals surface area contributed by atoms with E-state index < -0.39 is 0 Å². The number of allylic oxidation sites excluding steroid dienone is 2. The first-order chi connectivity index (χ1) is 5.76. The van der Waals surface area contributed by atoms with Crippen LogP contribution in [0.25, 0.3) is 0 Å². The first-order valence-corrected chi connectivity index (χ1v) is 4.11. The number of hydrogen-bond donors (Lipinski definition) is 0. The van der Waals surface area contributed by atoms with Crippen molar-refractivity contribution >= 4 is 11.9 Å². The quantitative estimate of drug-likeness (QED) is 0.495. The molecular formula is C9H12ClNO. The summed E-state index contributed by atoms with van der Waals surface area (Å²) < 4.78 is 4.55. The third-order valence-electron chi connectivity index (χ3n) is 1.76. The molecule has 0 amide bonds. The van der Waals surface area contributed by atoms with Crippen molar-refractivity contribution in [2.45, 2.75) is 6.42 Å². The summed E-state index contributed by atoms with van der Waals surface area (Å²) in [6.45, 7) is 4.63. The van der Waals surface area contributed by atoms with Gasteiger partial charge in [0, 0.05) is 19.8 Å². The number of nitrogens with zero attached hydrogens (tertiary/aromatic N) is 1. The van der Waals surface area contributed by atoms with Crippen LogP contribution in [0.2, 0.25) is 0 Å². The van der Waals surface area contributed by atoms with Crippen molar-refractivity contribution in [3.05, 3.63) is 36.3 Å². The Labute approximate surface area is 77.9 Å². The predicted octanol–water partition coefficient (Wildman–Crippen LogP) is 2.45. The van der Waals surface area contributed by atoms with E-state index in [1.807, 2.05) is 13.1 Å². The molecular weight excluding hydrogens is 174 g/mol. The van der Waals surface area contributed by atoms with E-state index in [0.29, 0.717) is 5.76 Å². The van der Waals surface area contributed by atoms with Crippen LogP contribution in [0, 0.1) is 0 Å². The van der Waals surface area contributed by atoms with Crippen LogP contribution < -0.4 is 0 Å². The summed E-state index contributed by atoms with van der Waals surface area (Å²) in [6, 6.07) is 0. The zero-order valence-electron chi connectivity index (χ0n) is 7.09. The van der Waals surface area contributed by atoms with Gasteiger partial charge in [0.25, 0.3) is 0 Å². The minimum atomic E-state index is 0.596. The smallest absolute Gasteiger partial charge is 0.146 e. The van der Waals surface area contributed by atoms with Gasteiger partial charge >= 0.3 is 0 Å². The standard InChI is InChI=1S/C9H12ClNO/c1-3-9(12-10)6-8-4-5-11(2)7-8/h3,6-7H,1,4-5H2,2H3/b9-6+. The van der Waals surface area contributed by atoms with Crippen molar-refractivity contribution in [2.24, 2.45) is 0 Å². The molecule has 0 radical (unpaired) electrons. The molecule has 1 rings (SSSR count). The summed E-state index contributed by atoms with van der Waals surface area (Å²) in [5.41, 5.74) is 1.22. The molecule has 0 aromatic heterocycles. The fraction of sp³-hybridized carbons (Fsp3) is 0.333. The minimum Gasteiger partial charge on any atom is -0.386 e. The van der Waals surface area contributed by atoms with Crippen LogP contribution in [0.1, 0.15) is 6.42 Å². The topological polar surface area (TPSA) is 12.5 Å². The number of rotatable bonds is 3. The minimum absolute atomic E-state index is 0.596. The normalized spacial score (nSPS) is 17.7. The Hall–Kier alpha value is -0.890. The fourth-order valence-corrected chi connectivity index (χ4v) is 1.23. The lowest BCUT2D eigenvalue weighted by Gasteiger charge is -2.02. The van der Waals surface area contributed by atoms with Crippen LogP contribution in [0.15, 0.2) is 36.3 Å². The Morgan fingerprint density at radius 3 is 3.00 bits per heavy atom. The Bertz CT molecular complexity index is 233. The maximum absolute atomic E-state index is 5.20. The molecule has 0 unspecified atom stereocenters. The van der Waals surface area contributed by atoms with E-state index in [0.717, 1.165) is 13.0 Å². The van der Waals surface area contributed by atoms with Gasteiger partial charge in [-0.25, -0.2) is 0 Å². The van der Waals surface area contributed by atoms with Crippen LogP contribution in [-0.4, -0.2) is 18.5 Å². The highest BCUT2D eigenvalue weighted by molar-refractivity contribution is 6.08. The van der Waals surface area contributed by atoms with Crippen LogP contribution in [0.5, 0.6) is 0 Å². The van der Waals surface area contributed by atoms with E-state index in [1.54, 1.807) is 6.08 Å². The van der Waals surface area contributed by atoms with Crippen LogP contribution >= 0.6 is 11.9 Å². The fourth-order valence-electron chi connectivity index (χ4n) is 1.12. The molecule has 1 aliphatic heterocycles. The van der Waals surface area contributed by atoms with Crippen LogP contribution in [-0.2, 0) is 4.29 Å². The summed E-state index contributed by atoms with van der Waals surface area (Å²) in [4.78, 5) is 2.13. The van der Waals surface area contributed by atoms with Gasteiger partial charge in [0.15, 0.2) is 0 Å². The molecule has 0 fully saturated rings. The maximum Gasteiger partial charge on any atom is 0.146 e. The lowest BCUT2D eigenvalue weighted by molar-refractivity contribution is 0.493.